The van der Waals surface area contributed by atoms with E-state index in [0.717, 1.165) is 18.5 Å². The molecule has 1 atom stereocenters. The van der Waals surface area contributed by atoms with Crippen LogP contribution in [0.4, 0.5) is 17.3 Å². The molecule has 3 fully saturated rings. The van der Waals surface area contributed by atoms with Crippen LogP contribution < -0.4 is 10.2 Å². The van der Waals surface area contributed by atoms with Crippen LogP contribution in [-0.4, -0.2) is 65.4 Å². The third-order valence-electron chi connectivity index (χ3n) is 7.70. The van der Waals surface area contributed by atoms with Crippen LogP contribution in [0.1, 0.15) is 38.8 Å². The highest BCUT2D eigenvalue weighted by atomic mass is 32.2. The maximum absolute atomic E-state index is 13.2. The number of hydrogen-bond acceptors (Lipinski definition) is 8. The zero-order valence-corrected chi connectivity index (χ0v) is 21.7. The number of rotatable bonds is 8. The van der Waals surface area contributed by atoms with Crippen molar-refractivity contribution in [3.63, 3.8) is 0 Å². The maximum atomic E-state index is 13.2. The Bertz CT molecular complexity index is 1340. The van der Waals surface area contributed by atoms with Gasteiger partial charge in [-0.1, -0.05) is 0 Å². The highest BCUT2D eigenvalue weighted by Gasteiger charge is 2.57. The van der Waals surface area contributed by atoms with Gasteiger partial charge in [0.2, 0.25) is 15.9 Å². The van der Waals surface area contributed by atoms with Crippen molar-refractivity contribution in [1.82, 2.24) is 19.1 Å². The summed E-state index contributed by atoms with van der Waals surface area (Å²) in [5, 5.41) is 17.0. The molecule has 1 saturated carbocycles. The summed E-state index contributed by atoms with van der Waals surface area (Å²) in [4.78, 5) is 19.2. The fourth-order valence-electron chi connectivity index (χ4n) is 5.27. The molecule has 4 heterocycles. The predicted octanol–water partition coefficient (Wildman–Crippen LogP) is 2.11. The second kappa shape index (κ2) is 8.54. The zero-order valence-electron chi connectivity index (χ0n) is 20.9. The molecular weight excluding hydrogens is 482 g/mol. The van der Waals surface area contributed by atoms with E-state index in [9.17, 15) is 18.5 Å². The standard InChI is InChI=1S/C24H31N7O4S/c1-16(2)36(33,34)30-14-24(15-30,35-4)19-12-21(28-29(19)3)27-20-11-18(7-9-26-20)31-10-8-23(13-25,22(31)32)17-5-6-17/h7,9,11-12,16-17H,5-6,8,10,14-15H2,1-4H3,(H,26,27,28)/t23-/m1/s1. The summed E-state index contributed by atoms with van der Waals surface area (Å²) >= 11 is 0. The Morgan fingerprint density at radius 3 is 2.58 bits per heavy atom. The number of nitrogens with zero attached hydrogens (tertiary/aromatic N) is 6. The number of pyridine rings is 1. The SMILES string of the molecule is COC1(c2cc(Nc3cc(N4CC[C@@](C#N)(C5CC5)C4=O)ccn3)nn2C)CN(S(=O)(=O)C(C)C)C1. The van der Waals surface area contributed by atoms with Gasteiger partial charge in [-0.3, -0.25) is 9.48 Å². The van der Waals surface area contributed by atoms with Crippen LogP contribution in [0.25, 0.3) is 0 Å². The molecule has 1 aliphatic carbocycles. The lowest BCUT2D eigenvalue weighted by molar-refractivity contribution is -0.123. The van der Waals surface area contributed by atoms with E-state index in [1.807, 2.05) is 6.07 Å². The fourth-order valence-corrected chi connectivity index (χ4v) is 6.65. The number of carbonyl (C=O) groups is 1. The van der Waals surface area contributed by atoms with Gasteiger partial charge in [-0.05, 0) is 45.1 Å². The number of nitrogens with one attached hydrogen (secondary N) is 1. The van der Waals surface area contributed by atoms with Crippen molar-refractivity contribution in [2.75, 3.05) is 37.0 Å². The Morgan fingerprint density at radius 1 is 1.25 bits per heavy atom. The molecule has 192 valence electrons. The largest absolute Gasteiger partial charge is 0.369 e. The number of amides is 1. The van der Waals surface area contributed by atoms with Gasteiger partial charge in [0.15, 0.2) is 5.82 Å². The number of anilines is 3. The number of nitriles is 1. The third-order valence-corrected chi connectivity index (χ3v) is 9.87. The first-order valence-corrected chi connectivity index (χ1v) is 13.6. The molecule has 5 rings (SSSR count). The normalized spacial score (nSPS) is 24.1. The van der Waals surface area contributed by atoms with Gasteiger partial charge in [0, 0.05) is 57.8 Å². The first-order chi connectivity index (χ1) is 17.1. The summed E-state index contributed by atoms with van der Waals surface area (Å²) in [5.74, 6) is 1.07. The van der Waals surface area contributed by atoms with Gasteiger partial charge < -0.3 is 15.0 Å². The van der Waals surface area contributed by atoms with E-state index in [-0.39, 0.29) is 24.9 Å². The van der Waals surface area contributed by atoms with Crippen LogP contribution in [0.15, 0.2) is 24.4 Å². The van der Waals surface area contributed by atoms with Crippen LogP contribution in [-0.2, 0) is 32.2 Å². The highest BCUT2D eigenvalue weighted by molar-refractivity contribution is 7.89. The minimum Gasteiger partial charge on any atom is -0.369 e. The van der Waals surface area contributed by atoms with Gasteiger partial charge in [0.25, 0.3) is 0 Å². The van der Waals surface area contributed by atoms with Crippen molar-refractivity contribution in [1.29, 1.82) is 5.26 Å². The molecule has 36 heavy (non-hydrogen) atoms. The van der Waals surface area contributed by atoms with Crippen LogP contribution in [0.3, 0.4) is 0 Å². The lowest BCUT2D eigenvalue weighted by atomic mass is 9.83. The van der Waals surface area contributed by atoms with E-state index in [4.69, 9.17) is 4.74 Å². The molecule has 12 heteroatoms. The van der Waals surface area contributed by atoms with Gasteiger partial charge in [-0.25, -0.2) is 13.4 Å². The van der Waals surface area contributed by atoms with Gasteiger partial charge >= 0.3 is 0 Å². The first-order valence-electron chi connectivity index (χ1n) is 12.1. The van der Waals surface area contributed by atoms with Crippen LogP contribution >= 0.6 is 0 Å². The summed E-state index contributed by atoms with van der Waals surface area (Å²) in [6, 6.07) is 7.68. The average molecular weight is 514 g/mol. The van der Waals surface area contributed by atoms with Crippen LogP contribution in [0, 0.1) is 22.7 Å². The third kappa shape index (κ3) is 3.77. The monoisotopic (exact) mass is 513 g/mol. The Hall–Kier alpha value is -3.01. The van der Waals surface area contributed by atoms with Crippen molar-refractivity contribution < 1.29 is 17.9 Å². The lowest BCUT2D eigenvalue weighted by Gasteiger charge is -2.48. The Balaban J connectivity index is 1.33. The minimum atomic E-state index is -3.37. The molecule has 11 nitrogen and oxygen atoms in total. The van der Waals surface area contributed by atoms with Crippen molar-refractivity contribution in [2.24, 2.45) is 18.4 Å². The summed E-state index contributed by atoms with van der Waals surface area (Å²) in [7, 11) is -0.0129. The average Bonchev–Trinajstić information content (AvgIpc) is 3.53. The number of methoxy groups -OCH3 is 1. The molecule has 2 saturated heterocycles. The molecule has 0 radical (unpaired) electrons. The molecular formula is C24H31N7O4S. The molecule has 2 aromatic heterocycles. The van der Waals surface area contributed by atoms with E-state index in [0.29, 0.717) is 30.3 Å². The summed E-state index contributed by atoms with van der Waals surface area (Å²) < 4.78 is 33.9. The first kappa shape index (κ1) is 24.7. The second-order valence-electron chi connectivity index (χ2n) is 10.2. The van der Waals surface area contributed by atoms with Gasteiger partial charge in [-0.2, -0.15) is 14.7 Å². The van der Waals surface area contributed by atoms with Crippen molar-refractivity contribution >= 4 is 33.3 Å². The molecule has 2 aromatic rings. The summed E-state index contributed by atoms with van der Waals surface area (Å²) in [5.41, 5.74) is -0.254. The van der Waals surface area contributed by atoms with Crippen molar-refractivity contribution in [3.8, 4) is 6.07 Å². The predicted molar refractivity (Wildman–Crippen MR) is 133 cm³/mol. The molecule has 1 N–H and O–H groups in total. The van der Waals surface area contributed by atoms with E-state index in [2.05, 4.69) is 21.5 Å². The number of aromatic nitrogens is 3. The maximum Gasteiger partial charge on any atom is 0.247 e. The van der Waals surface area contributed by atoms with E-state index < -0.39 is 26.3 Å². The molecule has 3 aliphatic rings. The van der Waals surface area contributed by atoms with E-state index >= 15 is 0 Å². The Labute approximate surface area is 211 Å². The van der Waals surface area contributed by atoms with Gasteiger partial charge in [0.05, 0.1) is 17.0 Å². The number of hydrogen-bond donors (Lipinski definition) is 1. The van der Waals surface area contributed by atoms with E-state index in [1.54, 1.807) is 55.9 Å². The minimum absolute atomic E-state index is 0.127. The number of carbonyl (C=O) groups excluding carboxylic acids is 1. The Morgan fingerprint density at radius 2 is 1.97 bits per heavy atom. The lowest BCUT2D eigenvalue weighted by Crippen LogP contribution is -2.63. The molecule has 2 aliphatic heterocycles. The quantitative estimate of drug-likeness (QED) is 0.567. The van der Waals surface area contributed by atoms with Gasteiger partial charge in [0.1, 0.15) is 16.8 Å². The molecule has 0 bridgehead atoms. The molecule has 0 aromatic carbocycles. The number of sulfonamides is 1. The number of ether oxygens (including phenoxy) is 1. The van der Waals surface area contributed by atoms with Crippen LogP contribution in [0.2, 0.25) is 0 Å². The number of aryl methyl sites for hydroxylation is 1. The molecule has 1 amide bonds. The summed E-state index contributed by atoms with van der Waals surface area (Å²) in [6.45, 7) is 4.27. The second-order valence-corrected chi connectivity index (χ2v) is 12.7. The fraction of sp³-hybridized carbons (Fsp3) is 0.583. The van der Waals surface area contributed by atoms with Crippen molar-refractivity contribution in [2.45, 2.75) is 44.0 Å². The van der Waals surface area contributed by atoms with Gasteiger partial charge in [-0.15, -0.1) is 0 Å². The molecule has 0 spiro atoms. The molecule has 0 unspecified atom stereocenters. The van der Waals surface area contributed by atoms with Crippen molar-refractivity contribution in [3.05, 3.63) is 30.1 Å². The highest BCUT2D eigenvalue weighted by Crippen LogP contribution is 2.52. The Kier molecular flexibility index (Phi) is 5.85. The summed E-state index contributed by atoms with van der Waals surface area (Å²) in [6.07, 6.45) is 4.03. The van der Waals surface area contributed by atoms with Crippen LogP contribution in [0.5, 0.6) is 0 Å². The smallest absolute Gasteiger partial charge is 0.247 e. The zero-order chi connectivity index (χ0) is 25.9. The topological polar surface area (TPSA) is 133 Å². The van der Waals surface area contributed by atoms with E-state index in [1.165, 1.54) is 4.31 Å².